The van der Waals surface area contributed by atoms with Crippen LogP contribution in [0.5, 0.6) is 0 Å². The fourth-order valence-electron chi connectivity index (χ4n) is 6.04. The van der Waals surface area contributed by atoms with Crippen LogP contribution in [0.2, 0.25) is 0 Å². The minimum Gasteiger partial charge on any atom is -0.347 e. The molecule has 198 valence electrons. The summed E-state index contributed by atoms with van der Waals surface area (Å²) in [6.07, 6.45) is 2.90. The first-order valence-electron chi connectivity index (χ1n) is 13.3. The summed E-state index contributed by atoms with van der Waals surface area (Å²) < 4.78 is 27.5. The zero-order valence-corrected chi connectivity index (χ0v) is 21.6. The molecule has 0 aliphatic carbocycles. The molecule has 0 spiro atoms. The van der Waals surface area contributed by atoms with E-state index >= 15 is 0 Å². The van der Waals surface area contributed by atoms with E-state index in [9.17, 15) is 18.4 Å². The molecule has 5 nitrogen and oxygen atoms in total. The number of halogens is 2. The maximum absolute atomic E-state index is 14.0. The lowest BCUT2D eigenvalue weighted by Gasteiger charge is -2.44. The first kappa shape index (κ1) is 26.0. The van der Waals surface area contributed by atoms with Crippen molar-refractivity contribution in [1.29, 1.82) is 0 Å². The molecule has 2 amide bonds. The summed E-state index contributed by atoms with van der Waals surface area (Å²) in [5, 5.41) is 3.11. The van der Waals surface area contributed by atoms with Crippen LogP contribution in [0.1, 0.15) is 59.3 Å². The zero-order valence-electron chi connectivity index (χ0n) is 21.6. The molecule has 38 heavy (non-hydrogen) atoms. The normalized spacial score (nSPS) is 19.0. The molecule has 2 heterocycles. The summed E-state index contributed by atoms with van der Waals surface area (Å²) in [6.45, 7) is 4.39. The Morgan fingerprint density at radius 3 is 2.37 bits per heavy atom. The van der Waals surface area contributed by atoms with Gasteiger partial charge in [-0.05, 0) is 78.8 Å². The first-order chi connectivity index (χ1) is 18.3. The topological polar surface area (TPSA) is 52.7 Å². The molecule has 5 rings (SSSR count). The third-order valence-corrected chi connectivity index (χ3v) is 7.99. The Kier molecular flexibility index (Phi) is 7.56. The van der Waals surface area contributed by atoms with Crippen molar-refractivity contribution in [1.82, 2.24) is 15.1 Å². The van der Waals surface area contributed by atoms with Crippen LogP contribution >= 0.6 is 0 Å². The highest BCUT2D eigenvalue weighted by Crippen LogP contribution is 2.36. The van der Waals surface area contributed by atoms with Crippen molar-refractivity contribution in [2.75, 3.05) is 26.2 Å². The van der Waals surface area contributed by atoms with Gasteiger partial charge in [-0.3, -0.25) is 9.59 Å². The maximum atomic E-state index is 14.0. The number of benzene rings is 3. The number of likely N-dealkylation sites (tertiary alicyclic amines) is 1. The van der Waals surface area contributed by atoms with Crippen molar-refractivity contribution >= 4 is 11.8 Å². The van der Waals surface area contributed by atoms with Crippen molar-refractivity contribution < 1.29 is 18.4 Å². The standard InChI is InChI=1S/C31H33F2N3O2/c1-22(37)34-31(25-6-4-7-27(33)21-25)15-19-35(20-16-31)17-14-29-28-8-3-2-5-23(28)13-18-36(29)30(38)24-9-11-26(32)12-10-24/h2-12,21,29H,13-20H2,1H3,(H,34,37). The number of hydrogen-bond donors (Lipinski definition) is 1. The minimum atomic E-state index is -0.591. The summed E-state index contributed by atoms with van der Waals surface area (Å²) in [5.74, 6) is -0.882. The number of piperidine rings is 1. The van der Waals surface area contributed by atoms with Crippen LogP contribution in [-0.4, -0.2) is 47.8 Å². The molecule has 1 unspecified atom stereocenters. The fraction of sp³-hybridized carbons (Fsp3) is 0.355. The van der Waals surface area contributed by atoms with Crippen LogP contribution < -0.4 is 5.32 Å². The van der Waals surface area contributed by atoms with Gasteiger partial charge in [0.05, 0.1) is 11.6 Å². The predicted molar refractivity (Wildman–Crippen MR) is 143 cm³/mol. The van der Waals surface area contributed by atoms with Gasteiger partial charge in [-0.2, -0.15) is 0 Å². The van der Waals surface area contributed by atoms with Crippen molar-refractivity contribution in [3.8, 4) is 0 Å². The van der Waals surface area contributed by atoms with Gasteiger partial charge in [-0.15, -0.1) is 0 Å². The van der Waals surface area contributed by atoms with Crippen molar-refractivity contribution in [3.63, 3.8) is 0 Å². The second-order valence-electron chi connectivity index (χ2n) is 10.4. The lowest BCUT2D eigenvalue weighted by Crippen LogP contribution is -2.53. The molecule has 3 aromatic carbocycles. The van der Waals surface area contributed by atoms with Gasteiger partial charge in [0, 0.05) is 38.7 Å². The summed E-state index contributed by atoms with van der Waals surface area (Å²) in [6, 6.07) is 20.5. The van der Waals surface area contributed by atoms with E-state index in [0.29, 0.717) is 24.9 Å². The summed E-state index contributed by atoms with van der Waals surface area (Å²) in [4.78, 5) is 29.8. The van der Waals surface area contributed by atoms with E-state index in [2.05, 4.69) is 22.3 Å². The molecule has 0 bridgehead atoms. The molecule has 3 aromatic rings. The van der Waals surface area contributed by atoms with Gasteiger partial charge in [0.2, 0.25) is 5.91 Å². The molecule has 0 radical (unpaired) electrons. The van der Waals surface area contributed by atoms with Crippen LogP contribution in [0.15, 0.2) is 72.8 Å². The van der Waals surface area contributed by atoms with E-state index in [0.717, 1.165) is 38.0 Å². The number of carbonyl (C=O) groups is 2. The highest BCUT2D eigenvalue weighted by atomic mass is 19.1. The van der Waals surface area contributed by atoms with Crippen molar-refractivity contribution in [2.45, 2.75) is 44.2 Å². The summed E-state index contributed by atoms with van der Waals surface area (Å²) in [5.41, 5.74) is 3.12. The van der Waals surface area contributed by atoms with Crippen LogP contribution in [0.3, 0.4) is 0 Å². The molecule has 1 fully saturated rings. The Hall–Kier alpha value is -3.58. The maximum Gasteiger partial charge on any atom is 0.254 e. The van der Waals surface area contributed by atoms with E-state index in [1.54, 1.807) is 18.2 Å². The minimum absolute atomic E-state index is 0.0808. The fourth-order valence-corrected chi connectivity index (χ4v) is 6.04. The molecule has 1 atom stereocenters. The van der Waals surface area contributed by atoms with E-state index in [1.165, 1.54) is 42.3 Å². The molecule has 7 heteroatoms. The summed E-state index contributed by atoms with van der Waals surface area (Å²) >= 11 is 0. The third kappa shape index (κ3) is 5.48. The van der Waals surface area contributed by atoms with Gasteiger partial charge in [-0.1, -0.05) is 36.4 Å². The Bertz CT molecular complexity index is 1300. The monoisotopic (exact) mass is 517 g/mol. The number of fused-ring (bicyclic) bond motifs is 1. The first-order valence-corrected chi connectivity index (χ1v) is 13.3. The molecule has 1 saturated heterocycles. The number of nitrogens with zero attached hydrogens (tertiary/aromatic N) is 2. The predicted octanol–water partition coefficient (Wildman–Crippen LogP) is 5.22. The Morgan fingerprint density at radius 1 is 0.921 bits per heavy atom. The molecule has 1 N–H and O–H groups in total. The van der Waals surface area contributed by atoms with E-state index in [1.807, 2.05) is 23.1 Å². The number of amides is 2. The van der Waals surface area contributed by atoms with E-state index in [-0.39, 0.29) is 29.5 Å². The largest absolute Gasteiger partial charge is 0.347 e. The van der Waals surface area contributed by atoms with Gasteiger partial charge < -0.3 is 15.1 Å². The van der Waals surface area contributed by atoms with E-state index < -0.39 is 5.54 Å². The van der Waals surface area contributed by atoms with Crippen LogP contribution in [-0.2, 0) is 16.8 Å². The molecule has 0 saturated carbocycles. The molecule has 2 aliphatic rings. The van der Waals surface area contributed by atoms with Gasteiger partial charge in [0.25, 0.3) is 5.91 Å². The number of rotatable bonds is 6. The smallest absolute Gasteiger partial charge is 0.254 e. The summed E-state index contributed by atoms with van der Waals surface area (Å²) in [7, 11) is 0. The average Bonchev–Trinajstić information content (AvgIpc) is 2.92. The third-order valence-electron chi connectivity index (χ3n) is 7.99. The van der Waals surface area contributed by atoms with Gasteiger partial charge in [0.1, 0.15) is 11.6 Å². The van der Waals surface area contributed by atoms with Gasteiger partial charge in [0.15, 0.2) is 0 Å². The lowest BCUT2D eigenvalue weighted by molar-refractivity contribution is -0.121. The van der Waals surface area contributed by atoms with Crippen molar-refractivity contribution in [2.24, 2.45) is 0 Å². The van der Waals surface area contributed by atoms with Crippen LogP contribution in [0.25, 0.3) is 0 Å². The highest BCUT2D eigenvalue weighted by molar-refractivity contribution is 5.94. The second-order valence-corrected chi connectivity index (χ2v) is 10.4. The van der Waals surface area contributed by atoms with Gasteiger partial charge in [-0.25, -0.2) is 8.78 Å². The molecule has 0 aromatic heterocycles. The number of carbonyl (C=O) groups excluding carboxylic acids is 2. The quantitative estimate of drug-likeness (QED) is 0.488. The van der Waals surface area contributed by atoms with Gasteiger partial charge >= 0.3 is 0 Å². The number of hydrogen-bond acceptors (Lipinski definition) is 3. The molecular weight excluding hydrogens is 484 g/mol. The van der Waals surface area contributed by atoms with E-state index in [4.69, 9.17) is 0 Å². The second kappa shape index (κ2) is 11.0. The average molecular weight is 518 g/mol. The zero-order chi connectivity index (χ0) is 26.7. The number of nitrogens with one attached hydrogen (secondary N) is 1. The Balaban J connectivity index is 1.31. The molecular formula is C31H33F2N3O2. The van der Waals surface area contributed by atoms with Crippen LogP contribution in [0, 0.1) is 11.6 Å². The lowest BCUT2D eigenvalue weighted by atomic mass is 9.80. The van der Waals surface area contributed by atoms with Crippen molar-refractivity contribution in [3.05, 3.63) is 107 Å². The SMILES string of the molecule is CC(=O)NC1(c2cccc(F)c2)CCN(CCC2c3ccccc3CCN2C(=O)c2ccc(F)cc2)CC1. The molecule has 2 aliphatic heterocycles. The van der Waals surface area contributed by atoms with Crippen LogP contribution in [0.4, 0.5) is 8.78 Å². The highest BCUT2D eigenvalue weighted by Gasteiger charge is 2.38. The Labute approximate surface area is 222 Å². The Morgan fingerprint density at radius 2 is 1.66 bits per heavy atom.